The van der Waals surface area contributed by atoms with Crippen LogP contribution >= 0.6 is 15.9 Å². The SMILES string of the molecule is CNC(c1cccc(Br)c1)c1cc2cc(F)ccc2o1. The first-order valence-electron chi connectivity index (χ1n) is 6.29. The molecular formula is C16H13BrFNO. The molecule has 4 heteroatoms. The minimum absolute atomic E-state index is 0.0667. The van der Waals surface area contributed by atoms with E-state index in [0.717, 1.165) is 21.2 Å². The molecule has 0 amide bonds. The molecule has 102 valence electrons. The van der Waals surface area contributed by atoms with Crippen molar-refractivity contribution in [1.82, 2.24) is 5.32 Å². The summed E-state index contributed by atoms with van der Waals surface area (Å²) in [6, 6.07) is 14.4. The molecule has 2 nitrogen and oxygen atoms in total. The zero-order chi connectivity index (χ0) is 14.1. The number of fused-ring (bicyclic) bond motifs is 1. The van der Waals surface area contributed by atoms with E-state index in [-0.39, 0.29) is 11.9 Å². The number of benzene rings is 2. The van der Waals surface area contributed by atoms with E-state index in [1.165, 1.54) is 12.1 Å². The predicted molar refractivity (Wildman–Crippen MR) is 81.2 cm³/mol. The smallest absolute Gasteiger partial charge is 0.134 e. The lowest BCUT2D eigenvalue weighted by molar-refractivity contribution is 0.491. The number of hydrogen-bond donors (Lipinski definition) is 1. The van der Waals surface area contributed by atoms with Crippen LogP contribution in [0.2, 0.25) is 0 Å². The van der Waals surface area contributed by atoms with Gasteiger partial charge in [-0.3, -0.25) is 0 Å². The highest BCUT2D eigenvalue weighted by Crippen LogP contribution is 2.29. The van der Waals surface area contributed by atoms with Gasteiger partial charge in [-0.15, -0.1) is 0 Å². The second-order valence-electron chi connectivity index (χ2n) is 4.61. The van der Waals surface area contributed by atoms with Gasteiger partial charge in [-0.2, -0.15) is 0 Å². The van der Waals surface area contributed by atoms with Gasteiger partial charge in [0.2, 0.25) is 0 Å². The summed E-state index contributed by atoms with van der Waals surface area (Å²) in [4.78, 5) is 0. The lowest BCUT2D eigenvalue weighted by Gasteiger charge is -2.14. The zero-order valence-corrected chi connectivity index (χ0v) is 12.4. The van der Waals surface area contributed by atoms with Crippen LogP contribution in [0, 0.1) is 5.82 Å². The average molecular weight is 334 g/mol. The van der Waals surface area contributed by atoms with Crippen molar-refractivity contribution in [2.75, 3.05) is 7.05 Å². The normalized spacial score (nSPS) is 12.8. The fourth-order valence-electron chi connectivity index (χ4n) is 2.34. The minimum Gasteiger partial charge on any atom is -0.459 e. The summed E-state index contributed by atoms with van der Waals surface area (Å²) in [5.74, 6) is 0.513. The van der Waals surface area contributed by atoms with Gasteiger partial charge in [-0.1, -0.05) is 28.1 Å². The summed E-state index contributed by atoms with van der Waals surface area (Å²) in [5, 5.41) is 4.00. The maximum Gasteiger partial charge on any atom is 0.134 e. The summed E-state index contributed by atoms with van der Waals surface area (Å²) < 4.78 is 20.1. The summed E-state index contributed by atoms with van der Waals surface area (Å²) in [7, 11) is 1.87. The molecule has 0 fully saturated rings. The number of furan rings is 1. The van der Waals surface area contributed by atoms with Gasteiger partial charge in [0, 0.05) is 9.86 Å². The van der Waals surface area contributed by atoms with Crippen LogP contribution in [0.1, 0.15) is 17.4 Å². The standard InChI is InChI=1S/C16H13BrFNO/c1-19-16(10-3-2-4-12(17)7-10)15-9-11-8-13(18)5-6-14(11)20-15/h2-9,16,19H,1H3. The molecule has 0 aliphatic heterocycles. The highest BCUT2D eigenvalue weighted by molar-refractivity contribution is 9.10. The van der Waals surface area contributed by atoms with Gasteiger partial charge in [0.1, 0.15) is 17.2 Å². The molecule has 2 aromatic carbocycles. The molecule has 0 radical (unpaired) electrons. The quantitative estimate of drug-likeness (QED) is 0.755. The van der Waals surface area contributed by atoms with Crippen molar-refractivity contribution in [1.29, 1.82) is 0 Å². The third kappa shape index (κ3) is 2.49. The van der Waals surface area contributed by atoms with Crippen molar-refractivity contribution in [2.45, 2.75) is 6.04 Å². The van der Waals surface area contributed by atoms with Crippen LogP contribution in [0.3, 0.4) is 0 Å². The molecule has 1 unspecified atom stereocenters. The molecular weight excluding hydrogens is 321 g/mol. The summed E-state index contributed by atoms with van der Waals surface area (Å²) >= 11 is 3.47. The second-order valence-corrected chi connectivity index (χ2v) is 5.52. The second kappa shape index (κ2) is 5.38. The highest BCUT2D eigenvalue weighted by atomic mass is 79.9. The topological polar surface area (TPSA) is 25.2 Å². The van der Waals surface area contributed by atoms with Gasteiger partial charge < -0.3 is 9.73 Å². The molecule has 1 N–H and O–H groups in total. The van der Waals surface area contributed by atoms with Crippen LogP contribution in [0.25, 0.3) is 11.0 Å². The predicted octanol–water partition coefficient (Wildman–Crippen LogP) is 4.64. The maximum atomic E-state index is 13.2. The summed E-state index contributed by atoms with van der Waals surface area (Å²) in [5.41, 5.74) is 1.78. The van der Waals surface area contributed by atoms with Crippen molar-refractivity contribution >= 4 is 26.9 Å². The van der Waals surface area contributed by atoms with E-state index < -0.39 is 0 Å². The van der Waals surface area contributed by atoms with E-state index in [1.54, 1.807) is 6.07 Å². The van der Waals surface area contributed by atoms with Gasteiger partial charge in [0.25, 0.3) is 0 Å². The molecule has 1 aromatic heterocycles. The summed E-state index contributed by atoms with van der Waals surface area (Å²) in [6.45, 7) is 0. The molecule has 0 saturated heterocycles. The zero-order valence-electron chi connectivity index (χ0n) is 10.9. The fraction of sp³-hybridized carbons (Fsp3) is 0.125. The van der Waals surface area contributed by atoms with Crippen LogP contribution in [-0.2, 0) is 0 Å². The molecule has 3 aromatic rings. The lowest BCUT2D eigenvalue weighted by atomic mass is 10.0. The Morgan fingerprint density at radius 1 is 1.15 bits per heavy atom. The van der Waals surface area contributed by atoms with Crippen molar-refractivity contribution in [3.8, 4) is 0 Å². The molecule has 0 aliphatic carbocycles. The molecule has 0 aliphatic rings. The van der Waals surface area contributed by atoms with Gasteiger partial charge in [-0.05, 0) is 49.0 Å². The first kappa shape index (κ1) is 13.3. The number of halogens is 2. The monoisotopic (exact) mass is 333 g/mol. The van der Waals surface area contributed by atoms with E-state index in [0.29, 0.717) is 5.58 Å². The van der Waals surface area contributed by atoms with Gasteiger partial charge in [0.15, 0.2) is 0 Å². The van der Waals surface area contributed by atoms with Crippen molar-refractivity contribution in [3.05, 3.63) is 70.1 Å². The van der Waals surface area contributed by atoms with E-state index in [2.05, 4.69) is 21.2 Å². The lowest BCUT2D eigenvalue weighted by Crippen LogP contribution is -2.16. The van der Waals surface area contributed by atoms with E-state index in [4.69, 9.17) is 4.42 Å². The molecule has 0 spiro atoms. The highest BCUT2D eigenvalue weighted by Gasteiger charge is 2.17. The van der Waals surface area contributed by atoms with Gasteiger partial charge >= 0.3 is 0 Å². The Morgan fingerprint density at radius 3 is 2.75 bits per heavy atom. The largest absolute Gasteiger partial charge is 0.459 e. The number of rotatable bonds is 3. The van der Waals surface area contributed by atoms with Crippen molar-refractivity contribution in [2.24, 2.45) is 0 Å². The maximum absolute atomic E-state index is 13.2. The van der Waals surface area contributed by atoms with Crippen molar-refractivity contribution < 1.29 is 8.81 Å². The van der Waals surface area contributed by atoms with Crippen LogP contribution in [-0.4, -0.2) is 7.05 Å². The third-order valence-corrected chi connectivity index (χ3v) is 3.75. The Hall–Kier alpha value is -1.65. The van der Waals surface area contributed by atoms with E-state index in [1.807, 2.05) is 37.4 Å². The first-order chi connectivity index (χ1) is 9.67. The van der Waals surface area contributed by atoms with Crippen LogP contribution in [0.15, 0.2) is 57.4 Å². The molecule has 1 heterocycles. The minimum atomic E-state index is -0.256. The first-order valence-corrected chi connectivity index (χ1v) is 7.08. The summed E-state index contributed by atoms with van der Waals surface area (Å²) in [6.07, 6.45) is 0. The van der Waals surface area contributed by atoms with Crippen LogP contribution in [0.4, 0.5) is 4.39 Å². The molecule has 3 rings (SSSR count). The molecule has 0 bridgehead atoms. The van der Waals surface area contributed by atoms with E-state index in [9.17, 15) is 4.39 Å². The van der Waals surface area contributed by atoms with Gasteiger partial charge in [0.05, 0.1) is 6.04 Å². The fourth-order valence-corrected chi connectivity index (χ4v) is 2.75. The Morgan fingerprint density at radius 2 is 2.00 bits per heavy atom. The molecule has 20 heavy (non-hydrogen) atoms. The number of nitrogens with one attached hydrogen (secondary N) is 1. The molecule has 0 saturated carbocycles. The van der Waals surface area contributed by atoms with E-state index >= 15 is 0 Å². The Balaban J connectivity index is 2.07. The van der Waals surface area contributed by atoms with Gasteiger partial charge in [-0.25, -0.2) is 4.39 Å². The van der Waals surface area contributed by atoms with Crippen LogP contribution in [0.5, 0.6) is 0 Å². The Kier molecular flexibility index (Phi) is 3.59. The number of hydrogen-bond acceptors (Lipinski definition) is 2. The molecule has 1 atom stereocenters. The van der Waals surface area contributed by atoms with Crippen LogP contribution < -0.4 is 5.32 Å². The average Bonchev–Trinajstić information content (AvgIpc) is 2.82. The third-order valence-electron chi connectivity index (χ3n) is 3.25. The van der Waals surface area contributed by atoms with Crippen molar-refractivity contribution in [3.63, 3.8) is 0 Å². The Labute approximate surface area is 124 Å². The Bertz CT molecular complexity index is 753.